The molecule has 154 valence electrons. The molecule has 1 aromatic carbocycles. The van der Waals surface area contributed by atoms with Gasteiger partial charge in [-0.15, -0.1) is 0 Å². The molecule has 3 saturated heterocycles. The van der Waals surface area contributed by atoms with Crippen LogP contribution in [0.15, 0.2) is 30.3 Å². The van der Waals surface area contributed by atoms with E-state index >= 15 is 0 Å². The molecular weight excluding hydrogens is 352 g/mol. The number of amides is 2. The highest BCUT2D eigenvalue weighted by Crippen LogP contribution is 2.16. The first-order valence-electron chi connectivity index (χ1n) is 10.9. The molecule has 0 spiro atoms. The van der Waals surface area contributed by atoms with Gasteiger partial charge in [0, 0.05) is 65.0 Å². The van der Waals surface area contributed by atoms with Gasteiger partial charge in [-0.05, 0) is 31.2 Å². The van der Waals surface area contributed by atoms with Gasteiger partial charge in [0.15, 0.2) is 0 Å². The first-order valence-corrected chi connectivity index (χ1v) is 10.9. The van der Waals surface area contributed by atoms with Crippen LogP contribution in [-0.2, 0) is 11.3 Å². The van der Waals surface area contributed by atoms with Crippen molar-refractivity contribution < 1.29 is 9.53 Å². The lowest BCUT2D eigenvalue weighted by atomic mass is 10.0. The lowest BCUT2D eigenvalue weighted by Gasteiger charge is -2.37. The van der Waals surface area contributed by atoms with Crippen LogP contribution in [0.2, 0.25) is 0 Å². The summed E-state index contributed by atoms with van der Waals surface area (Å²) >= 11 is 0. The summed E-state index contributed by atoms with van der Waals surface area (Å²) in [6, 6.07) is 11.1. The van der Waals surface area contributed by atoms with E-state index in [9.17, 15) is 4.79 Å². The molecule has 1 N–H and O–H groups in total. The number of carbonyl (C=O) groups is 1. The number of rotatable bonds is 5. The van der Waals surface area contributed by atoms with Gasteiger partial charge in [0.2, 0.25) is 0 Å². The predicted molar refractivity (Wildman–Crippen MR) is 110 cm³/mol. The fourth-order valence-electron chi connectivity index (χ4n) is 4.55. The molecule has 2 amide bonds. The van der Waals surface area contributed by atoms with Crippen molar-refractivity contribution in [3.8, 4) is 0 Å². The van der Waals surface area contributed by atoms with Gasteiger partial charge in [-0.3, -0.25) is 9.80 Å². The Bertz CT molecular complexity index is 604. The number of hydrogen-bond donors (Lipinski definition) is 1. The third-order valence-corrected chi connectivity index (χ3v) is 6.31. The van der Waals surface area contributed by atoms with Gasteiger partial charge < -0.3 is 15.0 Å². The maximum absolute atomic E-state index is 12.6. The molecule has 3 fully saturated rings. The van der Waals surface area contributed by atoms with Crippen LogP contribution >= 0.6 is 0 Å². The predicted octanol–water partition coefficient (Wildman–Crippen LogP) is 2.16. The third kappa shape index (κ3) is 5.46. The molecule has 6 nitrogen and oxygen atoms in total. The summed E-state index contributed by atoms with van der Waals surface area (Å²) in [5, 5.41) is 3.28. The summed E-state index contributed by atoms with van der Waals surface area (Å²) in [7, 11) is 0. The minimum absolute atomic E-state index is 0.123. The molecular formula is C22H34N4O2. The molecule has 0 radical (unpaired) electrons. The maximum atomic E-state index is 12.6. The molecule has 0 bridgehead atoms. The first-order chi connectivity index (χ1) is 13.8. The summed E-state index contributed by atoms with van der Waals surface area (Å²) in [6.45, 7) is 8.62. The molecule has 0 aromatic heterocycles. The summed E-state index contributed by atoms with van der Waals surface area (Å²) in [4.78, 5) is 19.6. The van der Waals surface area contributed by atoms with Crippen molar-refractivity contribution in [2.24, 2.45) is 0 Å². The SMILES string of the molecule is O=C(NC1CCN(Cc2ccccc2)CC1)N1CCN(CC2CCCO2)CC1. The largest absolute Gasteiger partial charge is 0.377 e. The van der Waals surface area contributed by atoms with E-state index in [0.717, 1.165) is 71.8 Å². The standard InChI is InChI=1S/C22H34N4O2/c27-22(26-14-12-25(13-15-26)18-21-7-4-16-28-21)23-20-8-10-24(11-9-20)17-19-5-2-1-3-6-19/h1-3,5-6,20-21H,4,7-18H2,(H,23,27). The number of likely N-dealkylation sites (tertiary alicyclic amines) is 1. The fourth-order valence-corrected chi connectivity index (χ4v) is 4.55. The highest BCUT2D eigenvalue weighted by molar-refractivity contribution is 5.74. The molecule has 1 atom stereocenters. The minimum Gasteiger partial charge on any atom is -0.377 e. The van der Waals surface area contributed by atoms with Gasteiger partial charge in [-0.25, -0.2) is 4.79 Å². The third-order valence-electron chi connectivity index (χ3n) is 6.31. The van der Waals surface area contributed by atoms with Crippen molar-refractivity contribution in [3.05, 3.63) is 35.9 Å². The summed E-state index contributed by atoms with van der Waals surface area (Å²) in [5.41, 5.74) is 1.37. The Hall–Kier alpha value is -1.63. The van der Waals surface area contributed by atoms with Crippen LogP contribution in [0.1, 0.15) is 31.2 Å². The van der Waals surface area contributed by atoms with Crippen molar-refractivity contribution in [2.75, 3.05) is 52.4 Å². The van der Waals surface area contributed by atoms with Crippen LogP contribution < -0.4 is 5.32 Å². The number of piperazine rings is 1. The van der Waals surface area contributed by atoms with Crippen LogP contribution in [0.3, 0.4) is 0 Å². The highest BCUT2D eigenvalue weighted by Gasteiger charge is 2.27. The van der Waals surface area contributed by atoms with Gasteiger partial charge in [-0.1, -0.05) is 30.3 Å². The zero-order chi connectivity index (χ0) is 19.2. The van der Waals surface area contributed by atoms with Crippen molar-refractivity contribution in [2.45, 2.75) is 44.4 Å². The Balaban J connectivity index is 1.14. The molecule has 4 rings (SSSR count). The number of piperidine rings is 1. The molecule has 1 unspecified atom stereocenters. The van der Waals surface area contributed by atoms with Crippen molar-refractivity contribution in [1.29, 1.82) is 0 Å². The van der Waals surface area contributed by atoms with Crippen LogP contribution in [0.5, 0.6) is 0 Å². The molecule has 28 heavy (non-hydrogen) atoms. The van der Waals surface area contributed by atoms with E-state index < -0.39 is 0 Å². The van der Waals surface area contributed by atoms with Gasteiger partial charge in [0.25, 0.3) is 0 Å². The average Bonchev–Trinajstić information content (AvgIpc) is 3.24. The van der Waals surface area contributed by atoms with Crippen molar-refractivity contribution >= 4 is 6.03 Å². The van der Waals surface area contributed by atoms with Crippen LogP contribution in [0, 0.1) is 0 Å². The van der Waals surface area contributed by atoms with Crippen LogP contribution in [0.4, 0.5) is 4.79 Å². The summed E-state index contributed by atoms with van der Waals surface area (Å²) < 4.78 is 5.74. The normalized spacial score (nSPS) is 25.1. The molecule has 0 saturated carbocycles. The van der Waals surface area contributed by atoms with Gasteiger partial charge in [0.05, 0.1) is 6.10 Å². The number of nitrogens with one attached hydrogen (secondary N) is 1. The number of benzene rings is 1. The Labute approximate surface area is 168 Å². The Morgan fingerprint density at radius 2 is 1.71 bits per heavy atom. The summed E-state index contributed by atoms with van der Waals surface area (Å²) in [5.74, 6) is 0. The van der Waals surface area contributed by atoms with E-state index in [4.69, 9.17) is 4.74 Å². The van der Waals surface area contributed by atoms with Crippen LogP contribution in [0.25, 0.3) is 0 Å². The number of urea groups is 1. The van der Waals surface area contributed by atoms with E-state index in [2.05, 4.69) is 45.4 Å². The van der Waals surface area contributed by atoms with Crippen molar-refractivity contribution in [3.63, 3.8) is 0 Å². The van der Waals surface area contributed by atoms with Gasteiger partial charge >= 0.3 is 6.03 Å². The summed E-state index contributed by atoms with van der Waals surface area (Å²) in [6.07, 6.45) is 4.86. The highest BCUT2D eigenvalue weighted by atomic mass is 16.5. The zero-order valence-corrected chi connectivity index (χ0v) is 16.9. The van der Waals surface area contributed by atoms with E-state index in [-0.39, 0.29) is 6.03 Å². The van der Waals surface area contributed by atoms with Crippen LogP contribution in [-0.4, -0.2) is 85.3 Å². The molecule has 1 aromatic rings. The number of nitrogens with zero attached hydrogens (tertiary/aromatic N) is 3. The second-order valence-corrected chi connectivity index (χ2v) is 8.41. The maximum Gasteiger partial charge on any atom is 0.317 e. The molecule has 0 aliphatic carbocycles. The zero-order valence-electron chi connectivity index (χ0n) is 16.9. The van der Waals surface area contributed by atoms with E-state index in [1.54, 1.807) is 0 Å². The lowest BCUT2D eigenvalue weighted by Crippen LogP contribution is -2.55. The van der Waals surface area contributed by atoms with Crippen molar-refractivity contribution in [1.82, 2.24) is 20.0 Å². The second kappa shape index (κ2) is 9.72. The van der Waals surface area contributed by atoms with Gasteiger partial charge in [0.1, 0.15) is 0 Å². The fraction of sp³-hybridized carbons (Fsp3) is 0.682. The molecule has 3 aliphatic heterocycles. The molecule has 3 aliphatic rings. The number of ether oxygens (including phenoxy) is 1. The molecule has 3 heterocycles. The van der Waals surface area contributed by atoms with E-state index in [0.29, 0.717) is 12.1 Å². The average molecular weight is 387 g/mol. The monoisotopic (exact) mass is 386 g/mol. The lowest BCUT2D eigenvalue weighted by molar-refractivity contribution is 0.0555. The Morgan fingerprint density at radius 3 is 2.39 bits per heavy atom. The van der Waals surface area contributed by atoms with E-state index in [1.807, 2.05) is 4.90 Å². The quantitative estimate of drug-likeness (QED) is 0.843. The number of hydrogen-bond acceptors (Lipinski definition) is 4. The first kappa shape index (κ1) is 19.7. The minimum atomic E-state index is 0.123. The Kier molecular flexibility index (Phi) is 6.83. The molecule has 6 heteroatoms. The van der Waals surface area contributed by atoms with E-state index in [1.165, 1.54) is 18.4 Å². The topological polar surface area (TPSA) is 48.1 Å². The Morgan fingerprint density at radius 1 is 0.964 bits per heavy atom. The smallest absolute Gasteiger partial charge is 0.317 e. The van der Waals surface area contributed by atoms with Gasteiger partial charge in [-0.2, -0.15) is 0 Å². The number of carbonyl (C=O) groups excluding carboxylic acids is 1. The second-order valence-electron chi connectivity index (χ2n) is 8.41.